The number of methoxy groups -OCH3 is 1. The van der Waals surface area contributed by atoms with Gasteiger partial charge in [-0.15, -0.1) is 0 Å². The Morgan fingerprint density at radius 1 is 1.44 bits per heavy atom. The summed E-state index contributed by atoms with van der Waals surface area (Å²) >= 11 is 0. The molecule has 0 spiro atoms. The quantitative estimate of drug-likeness (QED) is 0.739. The first-order chi connectivity index (χ1) is 8.76. The van der Waals surface area contributed by atoms with E-state index in [1.165, 1.54) is 13.4 Å². The van der Waals surface area contributed by atoms with Gasteiger partial charge in [0.1, 0.15) is 12.2 Å². The highest BCUT2D eigenvalue weighted by atomic mass is 16.5. The molecule has 0 saturated carbocycles. The summed E-state index contributed by atoms with van der Waals surface area (Å²) in [6.45, 7) is 2.64. The number of carbonyl (C=O) groups is 1. The summed E-state index contributed by atoms with van der Waals surface area (Å²) in [4.78, 5) is 20.2. The van der Waals surface area contributed by atoms with Crippen molar-refractivity contribution in [1.29, 1.82) is 0 Å². The molecule has 0 aliphatic heterocycles. The molecule has 0 amide bonds. The third-order valence-electron chi connectivity index (χ3n) is 2.58. The Hall–Kier alpha value is -2.24. The third kappa shape index (κ3) is 2.37. The number of hydrogen-bond donors (Lipinski definition) is 0. The van der Waals surface area contributed by atoms with E-state index in [1.807, 2.05) is 6.92 Å². The topological polar surface area (TPSA) is 69.9 Å². The molecule has 2 aromatic rings. The Bertz CT molecular complexity index is 551. The van der Waals surface area contributed by atoms with Crippen molar-refractivity contribution in [2.75, 3.05) is 7.11 Å². The first kappa shape index (κ1) is 12.2. The number of ether oxygens (including phenoxy) is 1. The maximum Gasteiger partial charge on any atom is 0.224 e. The second kappa shape index (κ2) is 5.39. The summed E-state index contributed by atoms with van der Waals surface area (Å²) in [5.41, 5.74) is 0.464. The molecule has 0 fully saturated rings. The van der Waals surface area contributed by atoms with Crippen molar-refractivity contribution in [3.8, 4) is 5.88 Å². The molecule has 0 aliphatic rings. The first-order valence-corrected chi connectivity index (χ1v) is 5.65. The van der Waals surface area contributed by atoms with Gasteiger partial charge in [-0.1, -0.05) is 0 Å². The van der Waals surface area contributed by atoms with Gasteiger partial charge in [-0.25, -0.2) is 14.6 Å². The summed E-state index contributed by atoms with van der Waals surface area (Å²) in [7, 11) is 1.49. The summed E-state index contributed by atoms with van der Waals surface area (Å²) in [6, 6.07) is 3.40. The zero-order valence-corrected chi connectivity index (χ0v) is 10.3. The van der Waals surface area contributed by atoms with Crippen LogP contribution in [0.2, 0.25) is 0 Å². The van der Waals surface area contributed by atoms with Crippen LogP contribution in [-0.4, -0.2) is 32.6 Å². The van der Waals surface area contributed by atoms with Crippen LogP contribution >= 0.6 is 0 Å². The minimum absolute atomic E-state index is 0.0809. The zero-order valence-electron chi connectivity index (χ0n) is 10.3. The summed E-state index contributed by atoms with van der Waals surface area (Å²) in [6.07, 6.45) is 3.23. The molecule has 0 aromatic carbocycles. The highest BCUT2D eigenvalue weighted by Gasteiger charge is 2.16. The van der Waals surface area contributed by atoms with Crippen molar-refractivity contribution in [1.82, 2.24) is 19.7 Å². The minimum Gasteiger partial charge on any atom is -0.480 e. The fourth-order valence-electron chi connectivity index (χ4n) is 1.69. The van der Waals surface area contributed by atoms with Crippen molar-refractivity contribution >= 4 is 5.78 Å². The summed E-state index contributed by atoms with van der Waals surface area (Å²) < 4.78 is 6.76. The molecule has 0 N–H and O–H groups in total. The number of carbonyl (C=O) groups excluding carboxylic acids is 1. The van der Waals surface area contributed by atoms with Crippen LogP contribution in [0, 0.1) is 0 Å². The molecule has 94 valence electrons. The minimum atomic E-state index is -0.0809. The third-order valence-corrected chi connectivity index (χ3v) is 2.58. The Morgan fingerprint density at radius 3 is 3.00 bits per heavy atom. The van der Waals surface area contributed by atoms with Crippen LogP contribution < -0.4 is 4.74 Å². The van der Waals surface area contributed by atoms with Crippen LogP contribution in [0.5, 0.6) is 5.88 Å². The first-order valence-electron chi connectivity index (χ1n) is 5.65. The molecule has 0 unspecified atom stereocenters. The molecule has 2 rings (SSSR count). The number of aromatic nitrogens is 4. The van der Waals surface area contributed by atoms with E-state index in [0.29, 0.717) is 23.8 Å². The van der Waals surface area contributed by atoms with Gasteiger partial charge >= 0.3 is 0 Å². The molecule has 0 bridgehead atoms. The Kier molecular flexibility index (Phi) is 3.66. The maximum atomic E-state index is 12.2. The van der Waals surface area contributed by atoms with Crippen LogP contribution in [0.4, 0.5) is 0 Å². The van der Waals surface area contributed by atoms with E-state index in [9.17, 15) is 4.79 Å². The largest absolute Gasteiger partial charge is 0.480 e. The van der Waals surface area contributed by atoms with E-state index >= 15 is 0 Å². The highest BCUT2D eigenvalue weighted by Crippen LogP contribution is 2.15. The smallest absolute Gasteiger partial charge is 0.224 e. The lowest BCUT2D eigenvalue weighted by molar-refractivity contribution is 0.0985. The molecule has 2 aromatic heterocycles. The lowest BCUT2D eigenvalue weighted by atomic mass is 10.1. The predicted molar refractivity (Wildman–Crippen MR) is 64.5 cm³/mol. The average molecular weight is 246 g/mol. The van der Waals surface area contributed by atoms with Gasteiger partial charge in [0.05, 0.1) is 19.1 Å². The molecular weight excluding hydrogens is 232 g/mol. The van der Waals surface area contributed by atoms with Gasteiger partial charge in [0.2, 0.25) is 5.88 Å². The van der Waals surface area contributed by atoms with Gasteiger partial charge in [0, 0.05) is 12.7 Å². The van der Waals surface area contributed by atoms with Crippen molar-refractivity contribution in [3.05, 3.63) is 36.0 Å². The maximum absolute atomic E-state index is 12.2. The molecular formula is C12H14N4O2. The summed E-state index contributed by atoms with van der Waals surface area (Å²) in [5.74, 6) is 0.904. The zero-order chi connectivity index (χ0) is 13.0. The average Bonchev–Trinajstić information content (AvgIpc) is 2.85. The van der Waals surface area contributed by atoms with Crippen LogP contribution in [0.3, 0.4) is 0 Å². The van der Waals surface area contributed by atoms with Gasteiger partial charge < -0.3 is 4.74 Å². The number of rotatable bonds is 5. The Morgan fingerprint density at radius 2 is 2.28 bits per heavy atom. The number of nitrogens with zero attached hydrogens (tertiary/aromatic N) is 4. The van der Waals surface area contributed by atoms with E-state index < -0.39 is 0 Å². The van der Waals surface area contributed by atoms with Gasteiger partial charge in [-0.3, -0.25) is 4.79 Å². The molecule has 6 nitrogen and oxygen atoms in total. The fourth-order valence-corrected chi connectivity index (χ4v) is 1.69. The Labute approximate surface area is 105 Å². The molecule has 0 radical (unpaired) electrons. The highest BCUT2D eigenvalue weighted by molar-refractivity contribution is 5.99. The van der Waals surface area contributed by atoms with Crippen LogP contribution in [0.1, 0.15) is 23.1 Å². The molecule has 6 heteroatoms. The van der Waals surface area contributed by atoms with Crippen LogP contribution in [-0.2, 0) is 13.0 Å². The second-order valence-corrected chi connectivity index (χ2v) is 3.65. The lowest BCUT2D eigenvalue weighted by Gasteiger charge is -2.06. The predicted octanol–water partition coefficient (Wildman–Crippen LogP) is 1.13. The van der Waals surface area contributed by atoms with Crippen LogP contribution in [0.15, 0.2) is 24.7 Å². The molecule has 0 saturated heterocycles. The monoisotopic (exact) mass is 246 g/mol. The van der Waals surface area contributed by atoms with Crippen molar-refractivity contribution in [2.24, 2.45) is 0 Å². The van der Waals surface area contributed by atoms with Gasteiger partial charge in [-0.05, 0) is 19.1 Å². The van der Waals surface area contributed by atoms with Crippen LogP contribution in [0.25, 0.3) is 0 Å². The van der Waals surface area contributed by atoms with E-state index in [-0.39, 0.29) is 12.2 Å². The molecule has 2 heterocycles. The molecule has 0 aliphatic carbocycles. The number of aryl methyl sites for hydroxylation is 1. The molecule has 18 heavy (non-hydrogen) atoms. The summed E-state index contributed by atoms with van der Waals surface area (Å²) in [5, 5.41) is 4.03. The number of Topliss-reactive ketones (excluding diaryl/α,β-unsaturated/α-hetero) is 1. The lowest BCUT2D eigenvalue weighted by Crippen LogP contribution is -2.12. The number of ketones is 1. The Balaban J connectivity index is 2.22. The van der Waals surface area contributed by atoms with Crippen molar-refractivity contribution in [2.45, 2.75) is 19.9 Å². The van der Waals surface area contributed by atoms with Gasteiger partial charge in [0.15, 0.2) is 5.78 Å². The molecule has 0 atom stereocenters. The normalized spacial score (nSPS) is 10.3. The fraction of sp³-hybridized carbons (Fsp3) is 0.333. The second-order valence-electron chi connectivity index (χ2n) is 3.65. The van der Waals surface area contributed by atoms with Crippen molar-refractivity contribution in [3.63, 3.8) is 0 Å². The standard InChI is InChI=1S/C12H14N4O2/c1-3-16-11(14-8-15-16)7-10(17)9-5-4-6-13-12(9)18-2/h4-6,8H,3,7H2,1-2H3. The van der Waals surface area contributed by atoms with Gasteiger partial charge in [-0.2, -0.15) is 5.10 Å². The van der Waals surface area contributed by atoms with E-state index in [1.54, 1.807) is 23.0 Å². The number of pyridine rings is 1. The van der Waals surface area contributed by atoms with Gasteiger partial charge in [0.25, 0.3) is 0 Å². The SMILES string of the molecule is CCn1ncnc1CC(=O)c1cccnc1OC. The number of hydrogen-bond acceptors (Lipinski definition) is 5. The van der Waals surface area contributed by atoms with E-state index in [2.05, 4.69) is 15.1 Å². The van der Waals surface area contributed by atoms with E-state index in [4.69, 9.17) is 4.74 Å². The van der Waals surface area contributed by atoms with Crippen molar-refractivity contribution < 1.29 is 9.53 Å². The van der Waals surface area contributed by atoms with E-state index in [0.717, 1.165) is 0 Å².